The number of carbonyl (C=O) groups excluding carboxylic acids is 2. The first kappa shape index (κ1) is 21.2. The Hall–Kier alpha value is -3.08. The molecule has 2 aromatic rings. The Morgan fingerprint density at radius 1 is 0.968 bits per heavy atom. The van der Waals surface area contributed by atoms with Crippen LogP contribution in [0, 0.1) is 0 Å². The molecule has 2 aliphatic heterocycles. The Morgan fingerprint density at radius 3 is 2.42 bits per heavy atom. The summed E-state index contributed by atoms with van der Waals surface area (Å²) in [5.41, 5.74) is 4.31. The van der Waals surface area contributed by atoms with Gasteiger partial charge in [-0.2, -0.15) is 0 Å². The van der Waals surface area contributed by atoms with Crippen LogP contribution in [-0.2, 0) is 16.1 Å². The van der Waals surface area contributed by atoms with E-state index in [4.69, 9.17) is 0 Å². The van der Waals surface area contributed by atoms with Crippen LogP contribution in [0.2, 0.25) is 0 Å². The van der Waals surface area contributed by atoms with Crippen LogP contribution in [0.25, 0.3) is 6.08 Å². The molecule has 2 fully saturated rings. The van der Waals surface area contributed by atoms with E-state index in [2.05, 4.69) is 23.1 Å². The molecule has 2 aromatic carbocycles. The minimum atomic E-state index is -0.0211. The number of hydrogen-bond acceptors (Lipinski definition) is 3. The summed E-state index contributed by atoms with van der Waals surface area (Å²) < 4.78 is 0. The largest absolute Gasteiger partial charge is 0.371 e. The van der Waals surface area contributed by atoms with Crippen LogP contribution in [0.3, 0.4) is 0 Å². The minimum absolute atomic E-state index is 0.0211. The van der Waals surface area contributed by atoms with Gasteiger partial charge in [0, 0.05) is 57.1 Å². The van der Waals surface area contributed by atoms with Gasteiger partial charge in [-0.25, -0.2) is 0 Å². The fourth-order valence-corrected chi connectivity index (χ4v) is 4.40. The molecular formula is C26H31N3O2. The molecule has 2 heterocycles. The highest BCUT2D eigenvalue weighted by molar-refractivity contribution is 5.95. The van der Waals surface area contributed by atoms with E-state index in [0.717, 1.165) is 37.3 Å². The molecule has 0 radical (unpaired) electrons. The number of benzene rings is 2. The molecule has 2 amide bonds. The molecular weight excluding hydrogens is 386 g/mol. The van der Waals surface area contributed by atoms with Crippen molar-refractivity contribution in [3.8, 4) is 0 Å². The molecule has 0 unspecified atom stereocenters. The summed E-state index contributed by atoms with van der Waals surface area (Å²) in [5.74, 6) is 0.164. The SMILES string of the molecule is CN(Cc1ccccc1N1CCCCC1)C(=O)/C=C/c1ccc(N2CCCC2=O)cc1. The zero-order chi connectivity index (χ0) is 21.6. The third-order valence-electron chi connectivity index (χ3n) is 6.17. The Kier molecular flexibility index (Phi) is 6.70. The first-order valence-electron chi connectivity index (χ1n) is 11.3. The van der Waals surface area contributed by atoms with Crippen LogP contribution < -0.4 is 9.80 Å². The van der Waals surface area contributed by atoms with E-state index in [9.17, 15) is 9.59 Å². The molecule has 162 valence electrons. The highest BCUT2D eigenvalue weighted by Gasteiger charge is 2.21. The van der Waals surface area contributed by atoms with E-state index in [1.807, 2.05) is 48.4 Å². The molecule has 0 spiro atoms. The van der Waals surface area contributed by atoms with E-state index < -0.39 is 0 Å². The van der Waals surface area contributed by atoms with Crippen molar-refractivity contribution in [1.29, 1.82) is 0 Å². The van der Waals surface area contributed by atoms with Gasteiger partial charge in [-0.1, -0.05) is 30.3 Å². The summed E-state index contributed by atoms with van der Waals surface area (Å²) in [7, 11) is 1.85. The van der Waals surface area contributed by atoms with Gasteiger partial charge in [-0.15, -0.1) is 0 Å². The van der Waals surface area contributed by atoms with Crippen LogP contribution in [0.5, 0.6) is 0 Å². The minimum Gasteiger partial charge on any atom is -0.371 e. The summed E-state index contributed by atoms with van der Waals surface area (Å²) >= 11 is 0. The van der Waals surface area contributed by atoms with Crippen LogP contribution >= 0.6 is 0 Å². The number of carbonyl (C=O) groups is 2. The molecule has 5 nitrogen and oxygen atoms in total. The van der Waals surface area contributed by atoms with Gasteiger partial charge in [0.25, 0.3) is 0 Å². The third-order valence-corrected chi connectivity index (χ3v) is 6.17. The van der Waals surface area contributed by atoms with Crippen molar-refractivity contribution in [2.45, 2.75) is 38.6 Å². The van der Waals surface area contributed by atoms with E-state index in [0.29, 0.717) is 13.0 Å². The summed E-state index contributed by atoms with van der Waals surface area (Å²) in [5, 5.41) is 0. The number of para-hydroxylation sites is 1. The number of rotatable bonds is 6. The normalized spacial score (nSPS) is 16.9. The van der Waals surface area contributed by atoms with Crippen molar-refractivity contribution in [2.24, 2.45) is 0 Å². The second-order valence-corrected chi connectivity index (χ2v) is 8.44. The Labute approximate surface area is 184 Å². The Morgan fingerprint density at radius 2 is 1.71 bits per heavy atom. The topological polar surface area (TPSA) is 43.9 Å². The van der Waals surface area contributed by atoms with Gasteiger partial charge in [0.05, 0.1) is 0 Å². The van der Waals surface area contributed by atoms with Gasteiger partial charge in [0.15, 0.2) is 0 Å². The van der Waals surface area contributed by atoms with Crippen LogP contribution in [0.4, 0.5) is 11.4 Å². The quantitative estimate of drug-likeness (QED) is 0.651. The van der Waals surface area contributed by atoms with E-state index in [1.54, 1.807) is 11.0 Å². The Balaban J connectivity index is 1.38. The molecule has 4 rings (SSSR count). The zero-order valence-corrected chi connectivity index (χ0v) is 18.3. The van der Waals surface area contributed by atoms with Crippen LogP contribution in [-0.4, -0.2) is 43.4 Å². The van der Waals surface area contributed by atoms with Gasteiger partial charge in [-0.05, 0) is 61.1 Å². The second-order valence-electron chi connectivity index (χ2n) is 8.44. The van der Waals surface area contributed by atoms with Crippen molar-refractivity contribution >= 4 is 29.3 Å². The maximum absolute atomic E-state index is 12.7. The van der Waals surface area contributed by atoms with E-state index in [-0.39, 0.29) is 11.8 Å². The average Bonchev–Trinajstić information content (AvgIpc) is 3.24. The van der Waals surface area contributed by atoms with Crippen molar-refractivity contribution in [3.05, 3.63) is 65.7 Å². The lowest BCUT2D eigenvalue weighted by molar-refractivity contribution is -0.125. The molecule has 0 atom stereocenters. The molecule has 0 aliphatic carbocycles. The first-order valence-corrected chi connectivity index (χ1v) is 11.3. The van der Waals surface area contributed by atoms with Gasteiger partial charge in [0.2, 0.25) is 11.8 Å². The van der Waals surface area contributed by atoms with Crippen molar-refractivity contribution in [2.75, 3.05) is 36.5 Å². The molecule has 5 heteroatoms. The van der Waals surface area contributed by atoms with Crippen LogP contribution in [0.15, 0.2) is 54.6 Å². The summed E-state index contributed by atoms with van der Waals surface area (Å²) in [6, 6.07) is 16.2. The predicted molar refractivity (Wildman–Crippen MR) is 126 cm³/mol. The van der Waals surface area contributed by atoms with Gasteiger partial charge in [0.1, 0.15) is 0 Å². The standard InChI is InChI=1S/C26H31N3O2/c1-27(20-22-8-3-4-9-24(22)28-17-5-2-6-18-28)25(30)16-13-21-11-14-23(15-12-21)29-19-7-10-26(29)31/h3-4,8-9,11-16H,2,5-7,10,17-20H2,1H3/b16-13+. The lowest BCUT2D eigenvalue weighted by atomic mass is 10.1. The number of likely N-dealkylation sites (N-methyl/N-ethyl adjacent to an activating group) is 1. The smallest absolute Gasteiger partial charge is 0.246 e. The molecule has 0 aromatic heterocycles. The second kappa shape index (κ2) is 9.82. The molecule has 0 saturated carbocycles. The monoisotopic (exact) mass is 417 g/mol. The number of amides is 2. The molecule has 31 heavy (non-hydrogen) atoms. The fraction of sp³-hybridized carbons (Fsp3) is 0.385. The summed E-state index contributed by atoms with van der Waals surface area (Å²) in [4.78, 5) is 30.6. The number of piperidine rings is 1. The predicted octanol–water partition coefficient (Wildman–Crippen LogP) is 4.48. The maximum atomic E-state index is 12.7. The van der Waals surface area contributed by atoms with Gasteiger partial charge < -0.3 is 14.7 Å². The van der Waals surface area contributed by atoms with E-state index in [1.165, 1.54) is 30.5 Å². The number of nitrogens with zero attached hydrogens (tertiary/aromatic N) is 3. The summed E-state index contributed by atoms with van der Waals surface area (Å²) in [6.07, 6.45) is 8.78. The molecule has 0 bridgehead atoms. The first-order chi connectivity index (χ1) is 15.1. The molecule has 2 saturated heterocycles. The third kappa shape index (κ3) is 5.16. The number of anilines is 2. The van der Waals surface area contributed by atoms with Gasteiger partial charge in [-0.3, -0.25) is 9.59 Å². The fourth-order valence-electron chi connectivity index (χ4n) is 4.40. The molecule has 0 N–H and O–H groups in total. The van der Waals surface area contributed by atoms with Crippen LogP contribution in [0.1, 0.15) is 43.2 Å². The summed E-state index contributed by atoms with van der Waals surface area (Å²) in [6.45, 7) is 3.56. The zero-order valence-electron chi connectivity index (χ0n) is 18.3. The lowest BCUT2D eigenvalue weighted by Gasteiger charge is -2.31. The molecule has 2 aliphatic rings. The van der Waals surface area contributed by atoms with Crippen molar-refractivity contribution in [3.63, 3.8) is 0 Å². The number of hydrogen-bond donors (Lipinski definition) is 0. The average molecular weight is 418 g/mol. The van der Waals surface area contributed by atoms with Crippen molar-refractivity contribution in [1.82, 2.24) is 4.90 Å². The van der Waals surface area contributed by atoms with E-state index >= 15 is 0 Å². The maximum Gasteiger partial charge on any atom is 0.246 e. The van der Waals surface area contributed by atoms with Crippen molar-refractivity contribution < 1.29 is 9.59 Å². The highest BCUT2D eigenvalue weighted by Crippen LogP contribution is 2.25. The van der Waals surface area contributed by atoms with Gasteiger partial charge >= 0.3 is 0 Å². The highest BCUT2D eigenvalue weighted by atomic mass is 16.2. The Bertz CT molecular complexity index is 945. The lowest BCUT2D eigenvalue weighted by Crippen LogP contribution is -2.31.